The predicted molar refractivity (Wildman–Crippen MR) is 91.6 cm³/mol. The number of methoxy groups -OCH3 is 1. The fourth-order valence-corrected chi connectivity index (χ4v) is 2.79. The molecule has 3 rings (SSSR count). The van der Waals surface area contributed by atoms with Gasteiger partial charge in [0.1, 0.15) is 18.1 Å². The number of pyridine rings is 1. The fraction of sp³-hybridized carbons (Fsp3) is 0.158. The number of carbonyl (C=O) groups is 1. The number of hydrogen-bond donors (Lipinski definition) is 1. The van der Waals surface area contributed by atoms with Crippen molar-refractivity contribution >= 4 is 16.9 Å². The van der Waals surface area contributed by atoms with Gasteiger partial charge in [0, 0.05) is 23.6 Å². The molecule has 0 aliphatic carbocycles. The van der Waals surface area contributed by atoms with Gasteiger partial charge in [-0.3, -0.25) is 9.59 Å². The molecule has 0 spiro atoms. The molecule has 6 heteroatoms. The van der Waals surface area contributed by atoms with E-state index < -0.39 is 5.97 Å². The van der Waals surface area contributed by atoms with Crippen LogP contribution in [0.25, 0.3) is 10.9 Å². The Kier molecular flexibility index (Phi) is 4.52. The second-order valence-electron chi connectivity index (χ2n) is 5.69. The highest BCUT2D eigenvalue weighted by atomic mass is 19.1. The minimum atomic E-state index is -1.01. The van der Waals surface area contributed by atoms with Crippen LogP contribution in [0.4, 0.5) is 4.39 Å². The molecule has 1 heterocycles. The van der Waals surface area contributed by atoms with Crippen molar-refractivity contribution in [3.63, 3.8) is 0 Å². The predicted octanol–water partition coefficient (Wildman–Crippen LogP) is 2.82. The van der Waals surface area contributed by atoms with Gasteiger partial charge < -0.3 is 14.4 Å². The maximum absolute atomic E-state index is 13.1. The summed E-state index contributed by atoms with van der Waals surface area (Å²) in [7, 11) is 1.50. The lowest BCUT2D eigenvalue weighted by Gasteiger charge is -2.13. The number of ether oxygens (including phenoxy) is 1. The Morgan fingerprint density at radius 3 is 2.56 bits per heavy atom. The van der Waals surface area contributed by atoms with Crippen molar-refractivity contribution in [2.24, 2.45) is 0 Å². The van der Waals surface area contributed by atoms with E-state index >= 15 is 0 Å². The van der Waals surface area contributed by atoms with Crippen molar-refractivity contribution in [3.8, 4) is 5.75 Å². The summed E-state index contributed by atoms with van der Waals surface area (Å²) in [4.78, 5) is 24.0. The summed E-state index contributed by atoms with van der Waals surface area (Å²) in [5.74, 6) is -0.839. The van der Waals surface area contributed by atoms with Crippen LogP contribution in [0.2, 0.25) is 0 Å². The maximum Gasteiger partial charge on any atom is 0.323 e. The van der Waals surface area contributed by atoms with Gasteiger partial charge in [-0.2, -0.15) is 0 Å². The zero-order valence-corrected chi connectivity index (χ0v) is 13.5. The Morgan fingerprint density at radius 2 is 1.92 bits per heavy atom. The summed E-state index contributed by atoms with van der Waals surface area (Å²) >= 11 is 0. The number of hydrogen-bond acceptors (Lipinski definition) is 3. The summed E-state index contributed by atoms with van der Waals surface area (Å²) in [6.45, 7) is -0.264. The second-order valence-corrected chi connectivity index (χ2v) is 5.69. The minimum absolute atomic E-state index is 0.195. The standard InChI is InChI=1S/C19H16FNO4/c1-25-15-6-7-17-16(9-15)19(24)13(10-21(17)11-18(22)23)8-12-2-4-14(20)5-3-12/h2-7,9-10H,8,11H2,1H3,(H,22,23). The molecule has 128 valence electrons. The third-order valence-corrected chi connectivity index (χ3v) is 3.97. The summed E-state index contributed by atoms with van der Waals surface area (Å²) in [6, 6.07) is 10.8. The molecule has 0 fully saturated rings. The second kappa shape index (κ2) is 6.76. The molecule has 3 aromatic rings. The lowest BCUT2D eigenvalue weighted by Crippen LogP contribution is -2.18. The monoisotopic (exact) mass is 341 g/mol. The molecule has 0 amide bonds. The third kappa shape index (κ3) is 3.52. The van der Waals surface area contributed by atoms with Gasteiger partial charge >= 0.3 is 5.97 Å². The molecular formula is C19H16FNO4. The molecule has 0 aliphatic heterocycles. The molecule has 0 radical (unpaired) electrons. The van der Waals surface area contributed by atoms with Crippen LogP contribution in [0.15, 0.2) is 53.5 Å². The average molecular weight is 341 g/mol. The lowest BCUT2D eigenvalue weighted by molar-refractivity contribution is -0.137. The van der Waals surface area contributed by atoms with E-state index in [1.807, 2.05) is 0 Å². The highest BCUT2D eigenvalue weighted by Crippen LogP contribution is 2.20. The van der Waals surface area contributed by atoms with Gasteiger partial charge in [0.05, 0.1) is 12.6 Å². The zero-order chi connectivity index (χ0) is 18.0. The average Bonchev–Trinajstić information content (AvgIpc) is 2.60. The molecule has 25 heavy (non-hydrogen) atoms. The van der Waals surface area contributed by atoms with E-state index in [1.54, 1.807) is 36.5 Å². The summed E-state index contributed by atoms with van der Waals surface area (Å²) in [5.41, 5.74) is 1.53. The van der Waals surface area contributed by atoms with Gasteiger partial charge in [0.2, 0.25) is 0 Å². The molecular weight excluding hydrogens is 325 g/mol. The largest absolute Gasteiger partial charge is 0.497 e. The van der Waals surface area contributed by atoms with Gasteiger partial charge in [0.25, 0.3) is 0 Å². The number of fused-ring (bicyclic) bond motifs is 1. The van der Waals surface area contributed by atoms with E-state index in [9.17, 15) is 14.0 Å². The van der Waals surface area contributed by atoms with Crippen molar-refractivity contribution in [1.82, 2.24) is 4.57 Å². The zero-order valence-electron chi connectivity index (χ0n) is 13.5. The first-order valence-electron chi connectivity index (χ1n) is 7.64. The molecule has 1 aromatic heterocycles. The van der Waals surface area contributed by atoms with Crippen LogP contribution >= 0.6 is 0 Å². The Hall–Kier alpha value is -3.15. The Morgan fingerprint density at radius 1 is 1.20 bits per heavy atom. The van der Waals surface area contributed by atoms with Crippen LogP contribution in [0.3, 0.4) is 0 Å². The smallest absolute Gasteiger partial charge is 0.323 e. The van der Waals surface area contributed by atoms with Crippen LogP contribution in [0.1, 0.15) is 11.1 Å². The Bertz CT molecular complexity index is 993. The first kappa shape index (κ1) is 16.7. The highest BCUT2D eigenvalue weighted by Gasteiger charge is 2.12. The number of carboxylic acid groups (broad SMARTS) is 1. The molecule has 2 aromatic carbocycles. The first-order valence-corrected chi connectivity index (χ1v) is 7.64. The SMILES string of the molecule is COc1ccc2c(c1)c(=O)c(Cc1ccc(F)cc1)cn2CC(=O)O. The molecule has 0 atom stereocenters. The fourth-order valence-electron chi connectivity index (χ4n) is 2.79. The van der Waals surface area contributed by atoms with Gasteiger partial charge in [0.15, 0.2) is 5.43 Å². The van der Waals surface area contributed by atoms with Gasteiger partial charge in [-0.15, -0.1) is 0 Å². The van der Waals surface area contributed by atoms with Crippen molar-refractivity contribution in [2.45, 2.75) is 13.0 Å². The first-order chi connectivity index (χ1) is 12.0. The summed E-state index contributed by atoms with van der Waals surface area (Å²) in [6.07, 6.45) is 1.83. The Labute approximate surface area is 142 Å². The topological polar surface area (TPSA) is 68.5 Å². The van der Waals surface area contributed by atoms with Crippen LogP contribution in [-0.4, -0.2) is 22.8 Å². The lowest BCUT2D eigenvalue weighted by atomic mass is 10.0. The van der Waals surface area contributed by atoms with E-state index in [0.717, 1.165) is 5.56 Å². The van der Waals surface area contributed by atoms with Gasteiger partial charge in [-0.05, 0) is 35.9 Å². The molecule has 0 saturated heterocycles. The van der Waals surface area contributed by atoms with Crippen LogP contribution < -0.4 is 10.2 Å². The molecule has 1 N–H and O–H groups in total. The van der Waals surface area contributed by atoms with Gasteiger partial charge in [-0.1, -0.05) is 12.1 Å². The molecule has 0 aliphatic rings. The number of halogens is 1. The Balaban J connectivity index is 2.16. The molecule has 0 bridgehead atoms. The number of aliphatic carboxylic acids is 1. The van der Waals surface area contributed by atoms with E-state index in [4.69, 9.17) is 9.84 Å². The van der Waals surface area contributed by atoms with Crippen LogP contribution in [-0.2, 0) is 17.8 Å². The van der Waals surface area contributed by atoms with E-state index in [2.05, 4.69) is 0 Å². The number of carboxylic acids is 1. The van der Waals surface area contributed by atoms with Gasteiger partial charge in [-0.25, -0.2) is 4.39 Å². The highest BCUT2D eigenvalue weighted by molar-refractivity contribution is 5.82. The number of rotatable bonds is 5. The van der Waals surface area contributed by atoms with Crippen molar-refractivity contribution in [1.29, 1.82) is 0 Å². The van der Waals surface area contributed by atoms with E-state index in [-0.39, 0.29) is 24.2 Å². The third-order valence-electron chi connectivity index (χ3n) is 3.97. The minimum Gasteiger partial charge on any atom is -0.497 e. The molecule has 5 nitrogen and oxygen atoms in total. The van der Waals surface area contributed by atoms with E-state index in [1.165, 1.54) is 23.8 Å². The van der Waals surface area contributed by atoms with E-state index in [0.29, 0.717) is 22.2 Å². The number of aromatic nitrogens is 1. The molecule has 0 unspecified atom stereocenters. The van der Waals surface area contributed by atoms with Crippen LogP contribution in [0.5, 0.6) is 5.75 Å². The van der Waals surface area contributed by atoms with Crippen molar-refractivity contribution in [2.75, 3.05) is 7.11 Å². The quantitative estimate of drug-likeness (QED) is 0.775. The van der Waals surface area contributed by atoms with Crippen LogP contribution in [0, 0.1) is 5.82 Å². The maximum atomic E-state index is 13.1. The van der Waals surface area contributed by atoms with Crippen molar-refractivity contribution in [3.05, 3.63) is 75.8 Å². The number of benzene rings is 2. The molecule has 0 saturated carbocycles. The summed E-state index contributed by atoms with van der Waals surface area (Å²) in [5, 5.41) is 9.53. The summed E-state index contributed by atoms with van der Waals surface area (Å²) < 4.78 is 19.7. The normalized spacial score (nSPS) is 10.8. The van der Waals surface area contributed by atoms with Crippen molar-refractivity contribution < 1.29 is 19.0 Å². The number of nitrogens with zero attached hydrogens (tertiary/aromatic N) is 1.